The van der Waals surface area contributed by atoms with Crippen LogP contribution in [0.5, 0.6) is 0 Å². The van der Waals surface area contributed by atoms with E-state index >= 15 is 0 Å². The number of amides is 2. The number of nitrogens with one attached hydrogen (secondary N) is 6. The van der Waals surface area contributed by atoms with Crippen molar-refractivity contribution in [1.29, 1.82) is 0 Å². The van der Waals surface area contributed by atoms with Crippen molar-refractivity contribution < 1.29 is 59.9 Å². The maximum atomic E-state index is 12.5. The van der Waals surface area contributed by atoms with Gasteiger partial charge in [0.25, 0.3) is 11.8 Å². The second-order valence-corrected chi connectivity index (χ2v) is 9.83. The molecule has 2 aliphatic rings. The van der Waals surface area contributed by atoms with Crippen molar-refractivity contribution in [3.05, 3.63) is 29.6 Å². The first kappa shape index (κ1) is 33.6. The first-order valence-corrected chi connectivity index (χ1v) is 13.0. The number of ether oxygens (including phenoxy) is 2. The van der Waals surface area contributed by atoms with E-state index in [4.69, 9.17) is 33.9 Å². The lowest BCUT2D eigenvalue weighted by Crippen LogP contribution is -2.64. The number of nitrogens with zero attached hydrogens (tertiary/aromatic N) is 1. The van der Waals surface area contributed by atoms with Gasteiger partial charge in [0, 0.05) is 0 Å². The highest BCUT2D eigenvalue weighted by Gasteiger charge is 2.44. The zero-order chi connectivity index (χ0) is 31.1. The first-order valence-electron chi connectivity index (χ1n) is 12.2. The SMILES string of the molecule is O=C(NNC(=S)N[C@@H]1O[C@H](CO)[C@H](O)[C@@H](O)[C@H]1O)c1cccc(C(=O)NNC(=S)N[C@@H]2O[C@H](CO)[C@H](O)[C@H](O)[C@@H]2O)n1. The summed E-state index contributed by atoms with van der Waals surface area (Å²) in [6, 6.07) is 3.91. The number of pyridine rings is 1. The Morgan fingerprint density at radius 2 is 1.05 bits per heavy atom. The molecule has 0 aliphatic carbocycles. The molecule has 0 unspecified atom stereocenters. The number of rotatable bonds is 6. The summed E-state index contributed by atoms with van der Waals surface area (Å²) in [4.78, 5) is 28.9. The van der Waals surface area contributed by atoms with Crippen LogP contribution in [0.1, 0.15) is 21.0 Å². The highest BCUT2D eigenvalue weighted by molar-refractivity contribution is 7.80. The Morgan fingerprint density at radius 1 is 0.667 bits per heavy atom. The van der Waals surface area contributed by atoms with Gasteiger partial charge in [0.1, 0.15) is 60.2 Å². The summed E-state index contributed by atoms with van der Waals surface area (Å²) in [7, 11) is 0. The minimum atomic E-state index is -1.64. The van der Waals surface area contributed by atoms with Crippen molar-refractivity contribution in [3.8, 4) is 0 Å². The molecule has 234 valence electrons. The van der Waals surface area contributed by atoms with Gasteiger partial charge < -0.3 is 61.0 Å². The standard InChI is InChI=1S/C21H31N7O12S2/c29-4-8-10(31)12(33)14(35)18(39-8)23-20(41)27-25-16(37)6-2-1-3-7(22-6)17(38)26-28-21(42)24-19-15(36)13(34)11(32)9(5-30)40-19/h1-3,8-15,18-19,29-36H,4-5H2,(H,25,37)(H,26,38)(H2,23,27,41)(H2,24,28,42)/t8-,9-,10+,11+,12-,13+,14-,15+,18-,19-/m1/s1. The number of hydrazine groups is 2. The molecule has 3 rings (SSSR count). The van der Waals surface area contributed by atoms with Crippen LogP contribution in [0.3, 0.4) is 0 Å². The maximum Gasteiger partial charge on any atom is 0.288 e. The van der Waals surface area contributed by atoms with Gasteiger partial charge in [0.05, 0.1) is 13.2 Å². The summed E-state index contributed by atoms with van der Waals surface area (Å²) < 4.78 is 10.5. The van der Waals surface area contributed by atoms with Crippen LogP contribution in [0.2, 0.25) is 0 Å². The van der Waals surface area contributed by atoms with Gasteiger partial charge in [-0.05, 0) is 36.6 Å². The molecular weight excluding hydrogens is 606 g/mol. The molecule has 21 heteroatoms. The predicted molar refractivity (Wildman–Crippen MR) is 144 cm³/mol. The van der Waals surface area contributed by atoms with E-state index in [0.717, 1.165) is 0 Å². The molecule has 1 aromatic rings. The highest BCUT2D eigenvalue weighted by Crippen LogP contribution is 2.20. The molecular formula is C21H31N7O12S2. The van der Waals surface area contributed by atoms with Gasteiger partial charge in [-0.25, -0.2) is 4.98 Å². The molecule has 10 atom stereocenters. The molecule has 0 radical (unpaired) electrons. The van der Waals surface area contributed by atoms with E-state index in [-0.39, 0.29) is 21.6 Å². The summed E-state index contributed by atoms with van der Waals surface area (Å²) in [6.07, 6.45) is -14.7. The van der Waals surface area contributed by atoms with Gasteiger partial charge in [-0.15, -0.1) is 0 Å². The van der Waals surface area contributed by atoms with Gasteiger partial charge in [0.15, 0.2) is 22.7 Å². The molecule has 2 aliphatic heterocycles. The second-order valence-electron chi connectivity index (χ2n) is 9.01. The van der Waals surface area contributed by atoms with Crippen molar-refractivity contribution in [2.75, 3.05) is 13.2 Å². The minimum absolute atomic E-state index is 0.229. The molecule has 2 amide bonds. The fourth-order valence-corrected chi connectivity index (χ4v) is 4.15. The van der Waals surface area contributed by atoms with Gasteiger partial charge in [-0.3, -0.25) is 31.3 Å². The van der Waals surface area contributed by atoms with Crippen LogP contribution in [-0.4, -0.2) is 142 Å². The van der Waals surface area contributed by atoms with Gasteiger partial charge >= 0.3 is 0 Å². The lowest BCUT2D eigenvalue weighted by Gasteiger charge is -2.40. The third-order valence-corrected chi connectivity index (χ3v) is 6.56. The summed E-state index contributed by atoms with van der Waals surface area (Å²) in [5.74, 6) is -1.68. The fraction of sp³-hybridized carbons (Fsp3) is 0.571. The topological polar surface area (TPSA) is 300 Å². The predicted octanol–water partition coefficient (Wildman–Crippen LogP) is -7.10. The van der Waals surface area contributed by atoms with Crippen molar-refractivity contribution in [2.24, 2.45) is 0 Å². The van der Waals surface area contributed by atoms with Crippen molar-refractivity contribution in [3.63, 3.8) is 0 Å². The molecule has 0 saturated carbocycles. The third-order valence-electron chi connectivity index (χ3n) is 6.12. The van der Waals surface area contributed by atoms with E-state index in [2.05, 4.69) is 37.3 Å². The smallest absolute Gasteiger partial charge is 0.288 e. The summed E-state index contributed by atoms with van der Waals surface area (Å²) >= 11 is 10.0. The van der Waals surface area contributed by atoms with Gasteiger partial charge in [-0.2, -0.15) is 0 Å². The summed E-state index contributed by atoms with van der Waals surface area (Å²) in [5, 5.41) is 82.4. The van der Waals surface area contributed by atoms with Crippen LogP contribution in [0.4, 0.5) is 0 Å². The van der Waals surface area contributed by atoms with Crippen LogP contribution in [0, 0.1) is 0 Å². The third kappa shape index (κ3) is 8.12. The van der Waals surface area contributed by atoms with E-state index < -0.39 is 86.3 Å². The van der Waals surface area contributed by atoms with Crippen LogP contribution in [0.25, 0.3) is 0 Å². The minimum Gasteiger partial charge on any atom is -0.394 e. The lowest BCUT2D eigenvalue weighted by molar-refractivity contribution is -0.232. The van der Waals surface area contributed by atoms with Crippen LogP contribution >= 0.6 is 24.4 Å². The number of aliphatic hydroxyl groups excluding tert-OH is 8. The largest absolute Gasteiger partial charge is 0.394 e. The molecule has 19 nitrogen and oxygen atoms in total. The Bertz CT molecular complexity index is 1050. The van der Waals surface area contributed by atoms with Crippen LogP contribution in [0.15, 0.2) is 18.2 Å². The molecule has 2 fully saturated rings. The number of hydrogen-bond donors (Lipinski definition) is 14. The number of carbonyl (C=O) groups is 2. The van der Waals surface area contributed by atoms with E-state index in [1.165, 1.54) is 18.2 Å². The quantitative estimate of drug-likeness (QED) is 0.102. The Balaban J connectivity index is 1.48. The first-order chi connectivity index (χ1) is 19.9. The molecule has 0 spiro atoms. The lowest BCUT2D eigenvalue weighted by atomic mass is 9.98. The monoisotopic (exact) mass is 637 g/mol. The Morgan fingerprint density at radius 3 is 1.40 bits per heavy atom. The number of carbonyl (C=O) groups excluding carboxylic acids is 2. The molecule has 2 saturated heterocycles. The second kappa shape index (κ2) is 15.0. The van der Waals surface area contributed by atoms with E-state index in [0.29, 0.717) is 0 Å². The van der Waals surface area contributed by atoms with Crippen LogP contribution in [-0.2, 0) is 9.47 Å². The number of aliphatic hydroxyl groups is 8. The van der Waals surface area contributed by atoms with Crippen molar-refractivity contribution in [2.45, 2.75) is 61.3 Å². The Kier molecular flexibility index (Phi) is 12.0. The van der Waals surface area contributed by atoms with Gasteiger partial charge in [0.2, 0.25) is 0 Å². The summed E-state index contributed by atoms with van der Waals surface area (Å²) in [6.45, 7) is -1.29. The molecule has 14 N–H and O–H groups in total. The fourth-order valence-electron chi connectivity index (χ4n) is 3.81. The molecule has 0 bridgehead atoms. The van der Waals surface area contributed by atoms with Crippen molar-refractivity contribution >= 4 is 46.5 Å². The zero-order valence-electron chi connectivity index (χ0n) is 21.4. The number of aromatic nitrogens is 1. The molecule has 0 aromatic carbocycles. The van der Waals surface area contributed by atoms with Gasteiger partial charge in [-0.1, -0.05) is 6.07 Å². The molecule has 1 aromatic heterocycles. The molecule has 3 heterocycles. The van der Waals surface area contributed by atoms with E-state index in [1.807, 2.05) is 0 Å². The zero-order valence-corrected chi connectivity index (χ0v) is 23.0. The maximum absolute atomic E-state index is 12.5. The average Bonchev–Trinajstić information content (AvgIpc) is 2.99. The van der Waals surface area contributed by atoms with Crippen molar-refractivity contribution in [1.82, 2.24) is 37.3 Å². The number of thiocarbonyl (C=S) groups is 2. The Labute approximate surface area is 247 Å². The van der Waals surface area contributed by atoms with Crippen LogP contribution < -0.4 is 32.3 Å². The normalized spacial score (nSPS) is 32.7. The summed E-state index contributed by atoms with van der Waals surface area (Å²) in [5.41, 5.74) is 8.58. The number of hydrogen-bond acceptors (Lipinski definition) is 15. The highest BCUT2D eigenvalue weighted by atomic mass is 32.1. The van der Waals surface area contributed by atoms with E-state index in [9.17, 15) is 50.4 Å². The Hall–Kier alpha value is -2.93. The average molecular weight is 638 g/mol. The molecule has 42 heavy (non-hydrogen) atoms. The van der Waals surface area contributed by atoms with E-state index in [1.54, 1.807) is 0 Å².